The van der Waals surface area contributed by atoms with Crippen molar-refractivity contribution in [3.8, 4) is 22.7 Å². The molecule has 188 valence electrons. The molecule has 1 N–H and O–H groups in total. The van der Waals surface area contributed by atoms with Crippen molar-refractivity contribution in [2.24, 2.45) is 0 Å². The molecule has 0 aliphatic rings. The Morgan fingerprint density at radius 2 is 1.64 bits per heavy atom. The number of aromatic nitrogens is 2. The second kappa shape index (κ2) is 11.4. The molecule has 1 heterocycles. The van der Waals surface area contributed by atoms with Crippen molar-refractivity contribution in [3.05, 3.63) is 92.5 Å². The minimum atomic E-state index is -4.02. The zero-order valence-corrected chi connectivity index (χ0v) is 22.9. The first-order chi connectivity index (χ1) is 17.2. The van der Waals surface area contributed by atoms with Crippen LogP contribution in [0.3, 0.4) is 0 Å². The van der Waals surface area contributed by atoms with E-state index in [1.54, 1.807) is 23.0 Å². The van der Waals surface area contributed by atoms with Crippen LogP contribution in [0.4, 0.5) is 0 Å². The van der Waals surface area contributed by atoms with Crippen LogP contribution < -0.4 is 9.46 Å². The average molecular weight is 585 g/mol. The van der Waals surface area contributed by atoms with Crippen LogP contribution in [0, 0.1) is 0 Å². The van der Waals surface area contributed by atoms with Crippen molar-refractivity contribution in [3.63, 3.8) is 0 Å². The fourth-order valence-electron chi connectivity index (χ4n) is 3.43. The number of ether oxygens (including phenoxy) is 1. The molecule has 4 aromatic rings. The summed E-state index contributed by atoms with van der Waals surface area (Å²) in [6.07, 6.45) is 2.62. The van der Waals surface area contributed by atoms with E-state index in [1.165, 1.54) is 12.1 Å². The molecule has 0 radical (unpaired) electrons. The standard InChI is InChI=1S/C25H21Cl4N3O3S/c1-2-10-35-23-9-8-16(11-21(23)28)25-17(15-32(31-25)18-6-4-3-5-7-18)14-30-36(33,34)24-13-20(27)19(26)12-22(24)29/h3-9,11-13,15,30H,2,10,14H2,1H3. The molecule has 36 heavy (non-hydrogen) atoms. The Balaban J connectivity index is 1.70. The lowest BCUT2D eigenvalue weighted by Gasteiger charge is -2.11. The van der Waals surface area contributed by atoms with Crippen LogP contribution in [-0.2, 0) is 16.6 Å². The Labute approximate surface area is 229 Å². The van der Waals surface area contributed by atoms with E-state index in [4.69, 9.17) is 56.2 Å². The third-order valence-electron chi connectivity index (χ3n) is 5.19. The number of halogens is 4. The maximum atomic E-state index is 13.1. The number of nitrogens with one attached hydrogen (secondary N) is 1. The number of sulfonamides is 1. The van der Waals surface area contributed by atoms with Crippen LogP contribution in [0.25, 0.3) is 16.9 Å². The van der Waals surface area contributed by atoms with Gasteiger partial charge >= 0.3 is 0 Å². The summed E-state index contributed by atoms with van der Waals surface area (Å²) in [5.74, 6) is 0.571. The molecule has 1 aromatic heterocycles. The van der Waals surface area contributed by atoms with Gasteiger partial charge in [0.1, 0.15) is 10.6 Å². The Morgan fingerprint density at radius 1 is 0.917 bits per heavy atom. The van der Waals surface area contributed by atoms with Crippen molar-refractivity contribution >= 4 is 56.4 Å². The predicted octanol–water partition coefficient (Wildman–Crippen LogP) is 7.42. The highest BCUT2D eigenvalue weighted by Gasteiger charge is 2.22. The highest BCUT2D eigenvalue weighted by Crippen LogP contribution is 2.34. The fraction of sp³-hybridized carbons (Fsp3) is 0.160. The molecule has 3 aromatic carbocycles. The lowest BCUT2D eigenvalue weighted by Crippen LogP contribution is -2.23. The van der Waals surface area contributed by atoms with Gasteiger partial charge in [-0.15, -0.1) is 0 Å². The van der Waals surface area contributed by atoms with Gasteiger partial charge in [0.15, 0.2) is 0 Å². The molecule has 0 aliphatic carbocycles. The van der Waals surface area contributed by atoms with E-state index < -0.39 is 10.0 Å². The largest absolute Gasteiger partial charge is 0.492 e. The van der Waals surface area contributed by atoms with Gasteiger partial charge in [-0.1, -0.05) is 71.5 Å². The second-order valence-electron chi connectivity index (χ2n) is 7.80. The van der Waals surface area contributed by atoms with Crippen LogP contribution in [-0.4, -0.2) is 24.8 Å². The van der Waals surface area contributed by atoms with Gasteiger partial charge in [-0.05, 0) is 48.9 Å². The molecule has 0 unspecified atom stereocenters. The average Bonchev–Trinajstić information content (AvgIpc) is 3.29. The summed E-state index contributed by atoms with van der Waals surface area (Å²) in [5.41, 5.74) is 2.71. The molecule has 0 bridgehead atoms. The summed E-state index contributed by atoms with van der Waals surface area (Å²) in [6.45, 7) is 2.50. The quantitative estimate of drug-likeness (QED) is 0.208. The zero-order valence-electron chi connectivity index (χ0n) is 19.0. The fourth-order valence-corrected chi connectivity index (χ4v) is 5.67. The van der Waals surface area contributed by atoms with Gasteiger partial charge in [0, 0.05) is 23.9 Å². The normalized spacial score (nSPS) is 11.6. The van der Waals surface area contributed by atoms with Crippen LogP contribution in [0.2, 0.25) is 20.1 Å². The minimum Gasteiger partial charge on any atom is -0.492 e. The molecule has 0 spiro atoms. The van der Waals surface area contributed by atoms with Gasteiger partial charge in [-0.3, -0.25) is 0 Å². The number of benzene rings is 3. The summed E-state index contributed by atoms with van der Waals surface area (Å²) < 4.78 is 36.0. The number of nitrogens with zero attached hydrogens (tertiary/aromatic N) is 2. The van der Waals surface area contributed by atoms with Gasteiger partial charge in [0.2, 0.25) is 10.0 Å². The Morgan fingerprint density at radius 3 is 2.33 bits per heavy atom. The van der Waals surface area contributed by atoms with Gasteiger partial charge in [-0.2, -0.15) is 5.10 Å². The maximum Gasteiger partial charge on any atom is 0.242 e. The van der Waals surface area contributed by atoms with E-state index in [-0.39, 0.29) is 26.5 Å². The van der Waals surface area contributed by atoms with Crippen LogP contribution in [0.5, 0.6) is 5.75 Å². The van der Waals surface area contributed by atoms with Gasteiger partial charge in [-0.25, -0.2) is 17.8 Å². The molecule has 4 rings (SSSR count). The molecule has 0 atom stereocenters. The van der Waals surface area contributed by atoms with E-state index in [0.29, 0.717) is 34.2 Å². The van der Waals surface area contributed by atoms with Crippen molar-refractivity contribution in [1.82, 2.24) is 14.5 Å². The Hall–Kier alpha value is -2.26. The number of rotatable bonds is 9. The molecular weight excluding hydrogens is 564 g/mol. The predicted molar refractivity (Wildman–Crippen MR) is 145 cm³/mol. The number of hydrogen-bond donors (Lipinski definition) is 1. The first-order valence-electron chi connectivity index (χ1n) is 10.9. The molecule has 0 amide bonds. The molecule has 6 nitrogen and oxygen atoms in total. The van der Waals surface area contributed by atoms with Crippen molar-refractivity contribution in [2.45, 2.75) is 24.8 Å². The van der Waals surface area contributed by atoms with Gasteiger partial charge in [0.25, 0.3) is 0 Å². The van der Waals surface area contributed by atoms with E-state index >= 15 is 0 Å². The number of para-hydroxylation sites is 1. The smallest absolute Gasteiger partial charge is 0.242 e. The third kappa shape index (κ3) is 5.99. The summed E-state index contributed by atoms with van der Waals surface area (Å²) >= 11 is 24.6. The van der Waals surface area contributed by atoms with Gasteiger partial charge < -0.3 is 4.74 Å². The van der Waals surface area contributed by atoms with Crippen molar-refractivity contribution < 1.29 is 13.2 Å². The van der Waals surface area contributed by atoms with E-state index in [2.05, 4.69) is 4.72 Å². The monoisotopic (exact) mass is 583 g/mol. The third-order valence-corrected chi connectivity index (χ3v) is 8.08. The van der Waals surface area contributed by atoms with Crippen LogP contribution in [0.1, 0.15) is 18.9 Å². The molecule has 0 saturated heterocycles. The molecule has 0 saturated carbocycles. The van der Waals surface area contributed by atoms with E-state index in [0.717, 1.165) is 12.1 Å². The highest BCUT2D eigenvalue weighted by atomic mass is 35.5. The summed E-state index contributed by atoms with van der Waals surface area (Å²) in [4.78, 5) is -0.170. The first kappa shape index (κ1) is 26.8. The molecule has 0 aliphatic heterocycles. The second-order valence-corrected chi connectivity index (χ2v) is 11.2. The number of hydrogen-bond acceptors (Lipinski definition) is 4. The van der Waals surface area contributed by atoms with Gasteiger partial charge in [0.05, 0.1) is 38.1 Å². The van der Waals surface area contributed by atoms with Crippen molar-refractivity contribution in [2.75, 3.05) is 6.61 Å². The maximum absolute atomic E-state index is 13.1. The van der Waals surface area contributed by atoms with Crippen LogP contribution >= 0.6 is 46.4 Å². The lowest BCUT2D eigenvalue weighted by molar-refractivity contribution is 0.317. The van der Waals surface area contributed by atoms with E-state index in [9.17, 15) is 8.42 Å². The van der Waals surface area contributed by atoms with Crippen LogP contribution in [0.15, 0.2) is 71.8 Å². The summed E-state index contributed by atoms with van der Waals surface area (Å²) in [5, 5.41) is 5.36. The van der Waals surface area contributed by atoms with E-state index in [1.807, 2.05) is 43.3 Å². The van der Waals surface area contributed by atoms with Crippen molar-refractivity contribution in [1.29, 1.82) is 0 Å². The zero-order chi connectivity index (χ0) is 25.9. The SMILES string of the molecule is CCCOc1ccc(-c2nn(-c3ccccc3)cc2CNS(=O)(=O)c2cc(Cl)c(Cl)cc2Cl)cc1Cl. The first-order valence-corrected chi connectivity index (χ1v) is 13.9. The highest BCUT2D eigenvalue weighted by molar-refractivity contribution is 7.89. The topological polar surface area (TPSA) is 73.2 Å². The molecule has 0 fully saturated rings. The Bertz CT molecular complexity index is 1490. The summed E-state index contributed by atoms with van der Waals surface area (Å²) in [6, 6.07) is 17.4. The molecule has 11 heteroatoms. The lowest BCUT2D eigenvalue weighted by atomic mass is 10.1. The summed E-state index contributed by atoms with van der Waals surface area (Å²) in [7, 11) is -4.02. The molecular formula is C25H21Cl4N3O3S. The Kier molecular flexibility index (Phi) is 8.50. The minimum absolute atomic E-state index is 0.0356.